The van der Waals surface area contributed by atoms with E-state index in [4.69, 9.17) is 10.1 Å². The van der Waals surface area contributed by atoms with E-state index in [1.54, 1.807) is 19.2 Å². The Balaban J connectivity index is 1.46. The summed E-state index contributed by atoms with van der Waals surface area (Å²) in [6.45, 7) is 3.92. The van der Waals surface area contributed by atoms with Crippen LogP contribution in [0, 0.1) is 12.3 Å². The van der Waals surface area contributed by atoms with E-state index in [-0.39, 0.29) is 23.4 Å². The lowest BCUT2D eigenvalue weighted by Crippen LogP contribution is -2.23. The van der Waals surface area contributed by atoms with Crippen LogP contribution in [0.2, 0.25) is 0 Å². The summed E-state index contributed by atoms with van der Waals surface area (Å²) in [6, 6.07) is 18.7. The molecule has 1 aromatic heterocycles. The van der Waals surface area contributed by atoms with Crippen LogP contribution in [0.3, 0.4) is 0 Å². The zero-order chi connectivity index (χ0) is 25.4. The lowest BCUT2D eigenvalue weighted by Gasteiger charge is -2.26. The molecule has 0 saturated carbocycles. The quantitative estimate of drug-likeness (QED) is 0.365. The number of nitrogens with zero attached hydrogens (tertiary/aromatic N) is 1. The van der Waals surface area contributed by atoms with Gasteiger partial charge in [-0.2, -0.15) is 0 Å². The number of anilines is 1. The van der Waals surface area contributed by atoms with Gasteiger partial charge in [-0.3, -0.25) is 15.0 Å². The monoisotopic (exact) mass is 515 g/mol. The largest absolute Gasteiger partial charge is 0.495 e. The first-order chi connectivity index (χ1) is 17.4. The first kappa shape index (κ1) is 24.2. The highest BCUT2D eigenvalue weighted by Gasteiger charge is 2.43. The number of allylic oxidation sites excluding steroid dienone is 2. The minimum Gasteiger partial charge on any atom is -0.495 e. The van der Waals surface area contributed by atoms with Crippen molar-refractivity contribution in [1.82, 2.24) is 4.57 Å². The highest BCUT2D eigenvalue weighted by atomic mass is 32.2. The number of Topliss-reactive ketones (excluding diaryl/α,β-unsaturated/α-hetero) is 1. The second-order valence-electron chi connectivity index (χ2n) is 8.59. The fourth-order valence-electron chi connectivity index (χ4n) is 4.50. The highest BCUT2D eigenvalue weighted by molar-refractivity contribution is 8.24. The molecule has 3 heterocycles. The maximum absolute atomic E-state index is 13.6. The molecule has 2 aliphatic heterocycles. The van der Waals surface area contributed by atoms with Crippen molar-refractivity contribution >= 4 is 46.7 Å². The first-order valence-electron chi connectivity index (χ1n) is 11.5. The summed E-state index contributed by atoms with van der Waals surface area (Å²) < 4.78 is 8.11. The normalized spacial score (nSPS) is 16.6. The van der Waals surface area contributed by atoms with Crippen LogP contribution in [0.4, 0.5) is 5.69 Å². The fourth-order valence-corrected chi connectivity index (χ4v) is 7.01. The van der Waals surface area contributed by atoms with Gasteiger partial charge in [0.25, 0.3) is 5.91 Å². The van der Waals surface area contributed by atoms with Crippen LogP contribution >= 0.6 is 23.5 Å². The van der Waals surface area contributed by atoms with Gasteiger partial charge in [-0.25, -0.2) is 0 Å². The van der Waals surface area contributed by atoms with E-state index in [1.165, 1.54) is 23.5 Å². The number of hydrogen-bond donors (Lipinski definition) is 2. The van der Waals surface area contributed by atoms with Crippen molar-refractivity contribution in [3.8, 4) is 5.75 Å². The lowest BCUT2D eigenvalue weighted by molar-refractivity contribution is -0.113. The number of ketones is 1. The summed E-state index contributed by atoms with van der Waals surface area (Å²) in [5.41, 5.74) is 4.63. The second kappa shape index (κ2) is 9.87. The Labute approximate surface area is 218 Å². The summed E-state index contributed by atoms with van der Waals surface area (Å²) in [5, 5.41) is 11.9. The van der Waals surface area contributed by atoms with E-state index in [0.29, 0.717) is 28.4 Å². The van der Waals surface area contributed by atoms with Crippen molar-refractivity contribution in [2.75, 3.05) is 18.2 Å². The van der Waals surface area contributed by atoms with Crippen molar-refractivity contribution in [3.05, 3.63) is 104 Å². The number of aromatic nitrogens is 1. The van der Waals surface area contributed by atoms with Crippen molar-refractivity contribution in [2.45, 2.75) is 19.8 Å². The Morgan fingerprint density at radius 1 is 1.08 bits per heavy atom. The summed E-state index contributed by atoms with van der Waals surface area (Å²) in [7, 11) is 1.57. The predicted octanol–water partition coefficient (Wildman–Crippen LogP) is 6.21. The molecule has 0 radical (unpaired) electrons. The third kappa shape index (κ3) is 4.31. The number of fused-ring (bicyclic) bond motifs is 3. The van der Waals surface area contributed by atoms with Gasteiger partial charge in [0.2, 0.25) is 0 Å². The molecule has 2 aromatic carbocycles. The van der Waals surface area contributed by atoms with Gasteiger partial charge < -0.3 is 14.6 Å². The third-order valence-electron chi connectivity index (χ3n) is 6.30. The van der Waals surface area contributed by atoms with Gasteiger partial charge >= 0.3 is 0 Å². The molecule has 0 saturated heterocycles. The van der Waals surface area contributed by atoms with Crippen LogP contribution in [0.25, 0.3) is 0 Å². The topological polar surface area (TPSA) is 84.2 Å². The minimum atomic E-state index is -0.375. The Hall–Kier alpha value is -3.49. The van der Waals surface area contributed by atoms with E-state index in [1.807, 2.05) is 73.1 Å². The van der Waals surface area contributed by atoms with E-state index in [9.17, 15) is 9.59 Å². The predicted molar refractivity (Wildman–Crippen MR) is 147 cm³/mol. The Bertz CT molecular complexity index is 1450. The van der Waals surface area contributed by atoms with Gasteiger partial charge in [0.05, 0.1) is 28.7 Å². The number of carbonyl (C=O) groups is 2. The fraction of sp³-hybridized carbons (Fsp3) is 0.179. The molecule has 1 atom stereocenters. The van der Waals surface area contributed by atoms with Crippen molar-refractivity contribution < 1.29 is 14.3 Å². The van der Waals surface area contributed by atoms with Gasteiger partial charge in [0.1, 0.15) is 11.6 Å². The maximum Gasteiger partial charge on any atom is 0.253 e. The standard InChI is InChI=1S/C28H25N3O3S2/c1-16-10-12-18(13-11-16)21(32)15-35-28-25-24(20-8-6-14-31(20)26(25)29)23(17(2)36-28)27(33)30-19-7-4-5-9-22(19)34-3/h4-14,24,29H,15H2,1-3H3,(H,30,33). The van der Waals surface area contributed by atoms with Gasteiger partial charge in [0, 0.05) is 28.6 Å². The van der Waals surface area contributed by atoms with E-state index < -0.39 is 0 Å². The molecular weight excluding hydrogens is 490 g/mol. The van der Waals surface area contributed by atoms with Gasteiger partial charge in [-0.05, 0) is 43.0 Å². The molecule has 8 heteroatoms. The molecule has 2 N–H and O–H groups in total. The molecular formula is C28H25N3O3S2. The third-order valence-corrected chi connectivity index (χ3v) is 8.73. The molecule has 1 amide bonds. The van der Waals surface area contributed by atoms with Crippen LogP contribution in [-0.4, -0.2) is 35.0 Å². The minimum absolute atomic E-state index is 0.0377. The Kier molecular flexibility index (Phi) is 6.64. The number of amides is 1. The van der Waals surface area contributed by atoms with Gasteiger partial charge in [-0.15, -0.1) is 11.8 Å². The van der Waals surface area contributed by atoms with Gasteiger partial charge in [-0.1, -0.05) is 53.7 Å². The molecule has 182 valence electrons. The maximum atomic E-state index is 13.6. The summed E-state index contributed by atoms with van der Waals surface area (Å²) in [6.07, 6.45) is 1.85. The van der Waals surface area contributed by atoms with Crippen LogP contribution in [0.5, 0.6) is 5.75 Å². The number of thioether (sulfide) groups is 2. The van der Waals surface area contributed by atoms with Crippen molar-refractivity contribution in [2.24, 2.45) is 0 Å². The molecule has 2 aliphatic rings. The van der Waals surface area contributed by atoms with Crippen LogP contribution in [0.15, 0.2) is 87.1 Å². The summed E-state index contributed by atoms with van der Waals surface area (Å²) in [5.74, 6) is 0.620. The number of para-hydroxylation sites is 2. The number of carbonyl (C=O) groups excluding carboxylic acids is 2. The van der Waals surface area contributed by atoms with Crippen LogP contribution < -0.4 is 10.1 Å². The number of methoxy groups -OCH3 is 1. The molecule has 1 unspecified atom stereocenters. The summed E-state index contributed by atoms with van der Waals surface area (Å²) >= 11 is 2.90. The number of rotatable bonds is 7. The average molecular weight is 516 g/mol. The second-order valence-corrected chi connectivity index (χ2v) is 11.1. The molecule has 0 fully saturated rings. The molecule has 0 aliphatic carbocycles. The molecule has 3 aromatic rings. The zero-order valence-electron chi connectivity index (χ0n) is 20.1. The summed E-state index contributed by atoms with van der Waals surface area (Å²) in [4.78, 5) is 27.3. The number of ether oxygens (including phenoxy) is 1. The first-order valence-corrected chi connectivity index (χ1v) is 13.3. The van der Waals surface area contributed by atoms with E-state index in [2.05, 4.69) is 5.32 Å². The van der Waals surface area contributed by atoms with Crippen LogP contribution in [-0.2, 0) is 4.79 Å². The van der Waals surface area contributed by atoms with Crippen LogP contribution in [0.1, 0.15) is 34.5 Å². The zero-order valence-corrected chi connectivity index (χ0v) is 21.8. The number of aryl methyl sites for hydroxylation is 1. The number of hydrogen-bond acceptors (Lipinski definition) is 6. The molecule has 5 rings (SSSR count). The van der Waals surface area contributed by atoms with E-state index in [0.717, 1.165) is 26.0 Å². The molecule has 0 bridgehead atoms. The van der Waals surface area contributed by atoms with Gasteiger partial charge in [0.15, 0.2) is 5.78 Å². The number of nitrogens with one attached hydrogen (secondary N) is 2. The molecule has 6 nitrogen and oxygen atoms in total. The molecule has 36 heavy (non-hydrogen) atoms. The Morgan fingerprint density at radius 3 is 2.58 bits per heavy atom. The molecule has 0 spiro atoms. The smallest absolute Gasteiger partial charge is 0.253 e. The van der Waals surface area contributed by atoms with E-state index >= 15 is 0 Å². The SMILES string of the molecule is COc1ccccc1NC(=O)C1=C(C)SC(SCC(=O)c2ccc(C)cc2)=C2C(=N)n3cccc3C12. The van der Waals surface area contributed by atoms with Crippen molar-refractivity contribution in [1.29, 1.82) is 5.41 Å². The Morgan fingerprint density at radius 2 is 1.83 bits per heavy atom. The highest BCUT2D eigenvalue weighted by Crippen LogP contribution is 2.53. The average Bonchev–Trinajstić information content (AvgIpc) is 3.46. The number of benzene rings is 2. The van der Waals surface area contributed by atoms with Crippen molar-refractivity contribution in [3.63, 3.8) is 0 Å². The lowest BCUT2D eigenvalue weighted by atomic mass is 9.89.